The second kappa shape index (κ2) is 66.0. The molecule has 0 spiro atoms. The highest BCUT2D eigenvalue weighted by Gasteiger charge is 2.30. The maximum atomic E-state index is 13.1. The minimum atomic E-state index is -4.95. The number of hydrogen-bond donors (Lipinski definition) is 3. The van der Waals surface area contributed by atoms with Gasteiger partial charge in [-0.25, -0.2) is 9.13 Å². The number of ether oxygens (including phenoxy) is 4. The number of esters is 4. The van der Waals surface area contributed by atoms with Gasteiger partial charge in [0.15, 0.2) is 12.2 Å². The standard InChI is InChI=1S/C74H144O17P2/c1-7-9-11-13-15-17-19-21-22-23-25-34-40-46-52-58-73(78)90-69(63-85-72(77)57-51-45-39-33-28-26-30-36-42-48-54-66(3)4)64-88-92(80,81)86-60-68(75)61-87-93(82,83)89-65-70(62-84-71(76)56-50-44-38-32-24-20-18-16-14-12-10-8-2)91-74(79)59-53-47-41-35-29-27-31-37-43-49-55-67(5)6/h66-70,75H,7-65H2,1-6H3,(H,80,81)(H,82,83)/t68-,69-,70-/m1/s1. The van der Waals surface area contributed by atoms with E-state index in [2.05, 4.69) is 41.5 Å². The molecular formula is C74H144O17P2. The Balaban J connectivity index is 5.26. The molecule has 0 amide bonds. The first-order chi connectivity index (χ1) is 44.9. The Morgan fingerprint density at radius 3 is 0.731 bits per heavy atom. The van der Waals surface area contributed by atoms with E-state index in [4.69, 9.17) is 37.0 Å². The van der Waals surface area contributed by atoms with Gasteiger partial charge >= 0.3 is 39.5 Å². The Morgan fingerprint density at radius 1 is 0.290 bits per heavy atom. The Kier molecular flexibility index (Phi) is 64.6. The Hall–Kier alpha value is -1.94. The molecule has 3 N–H and O–H groups in total. The van der Waals surface area contributed by atoms with Crippen LogP contribution in [0.4, 0.5) is 0 Å². The maximum absolute atomic E-state index is 13.1. The van der Waals surface area contributed by atoms with E-state index in [0.29, 0.717) is 25.7 Å². The van der Waals surface area contributed by atoms with E-state index in [0.717, 1.165) is 102 Å². The molecular weight excluding hydrogens is 1220 g/mol. The maximum Gasteiger partial charge on any atom is 0.472 e. The molecule has 552 valence electrons. The lowest BCUT2D eigenvalue weighted by Crippen LogP contribution is -2.30. The molecule has 17 nitrogen and oxygen atoms in total. The van der Waals surface area contributed by atoms with E-state index in [-0.39, 0.29) is 25.7 Å². The summed E-state index contributed by atoms with van der Waals surface area (Å²) in [5.41, 5.74) is 0. The van der Waals surface area contributed by atoms with Crippen LogP contribution in [0.3, 0.4) is 0 Å². The molecule has 0 aliphatic rings. The zero-order valence-electron chi connectivity index (χ0n) is 60.6. The number of phosphoric ester groups is 2. The van der Waals surface area contributed by atoms with Crippen LogP contribution in [0.25, 0.3) is 0 Å². The SMILES string of the molecule is CCCCCCCCCCCCCCCCCC(=O)O[C@H](COC(=O)CCCCCCCCCCCCC(C)C)COP(=O)(O)OC[C@@H](O)COP(=O)(O)OC[C@@H](COC(=O)CCCCCCCCCCCCCC)OC(=O)CCCCCCCCCCCCC(C)C. The molecule has 0 aliphatic carbocycles. The zero-order valence-corrected chi connectivity index (χ0v) is 62.3. The molecule has 19 heteroatoms. The number of unbranched alkanes of at least 4 members (excludes halogenated alkanes) is 43. The van der Waals surface area contributed by atoms with Crippen LogP contribution in [0.1, 0.15) is 382 Å². The van der Waals surface area contributed by atoms with Gasteiger partial charge in [-0.1, -0.05) is 330 Å². The highest BCUT2D eigenvalue weighted by molar-refractivity contribution is 7.47. The van der Waals surface area contributed by atoms with Crippen molar-refractivity contribution in [2.24, 2.45) is 11.8 Å². The lowest BCUT2D eigenvalue weighted by molar-refractivity contribution is -0.161. The first kappa shape index (κ1) is 91.1. The van der Waals surface area contributed by atoms with Gasteiger partial charge in [-0.15, -0.1) is 0 Å². The number of aliphatic hydroxyl groups is 1. The number of hydrogen-bond acceptors (Lipinski definition) is 15. The second-order valence-corrected chi connectivity index (χ2v) is 30.5. The second-order valence-electron chi connectivity index (χ2n) is 27.6. The molecule has 2 unspecified atom stereocenters. The monoisotopic (exact) mass is 1370 g/mol. The summed E-state index contributed by atoms with van der Waals surface area (Å²) in [6.07, 6.45) is 52.5. The molecule has 0 saturated heterocycles. The summed E-state index contributed by atoms with van der Waals surface area (Å²) in [6, 6.07) is 0. The van der Waals surface area contributed by atoms with Gasteiger partial charge in [0.1, 0.15) is 19.3 Å². The minimum absolute atomic E-state index is 0.106. The lowest BCUT2D eigenvalue weighted by atomic mass is 10.0. The summed E-state index contributed by atoms with van der Waals surface area (Å²) in [4.78, 5) is 72.8. The first-order valence-electron chi connectivity index (χ1n) is 38.5. The van der Waals surface area contributed by atoms with Crippen LogP contribution in [0.5, 0.6) is 0 Å². The van der Waals surface area contributed by atoms with Gasteiger partial charge in [-0.05, 0) is 37.5 Å². The third-order valence-corrected chi connectivity index (χ3v) is 19.1. The molecule has 0 saturated carbocycles. The smallest absolute Gasteiger partial charge is 0.462 e. The van der Waals surface area contributed by atoms with E-state index >= 15 is 0 Å². The van der Waals surface area contributed by atoms with Crippen LogP contribution in [0, 0.1) is 11.8 Å². The fourth-order valence-corrected chi connectivity index (χ4v) is 12.9. The van der Waals surface area contributed by atoms with Crippen LogP contribution < -0.4 is 0 Å². The highest BCUT2D eigenvalue weighted by atomic mass is 31.2. The predicted octanol–water partition coefficient (Wildman–Crippen LogP) is 21.6. The van der Waals surface area contributed by atoms with E-state index in [1.807, 2.05) is 0 Å². The quantitative estimate of drug-likeness (QED) is 0.0222. The van der Waals surface area contributed by atoms with E-state index in [1.165, 1.54) is 199 Å². The highest BCUT2D eigenvalue weighted by Crippen LogP contribution is 2.45. The van der Waals surface area contributed by atoms with Crippen molar-refractivity contribution in [2.75, 3.05) is 39.6 Å². The fraction of sp³-hybridized carbons (Fsp3) is 0.946. The fourth-order valence-electron chi connectivity index (χ4n) is 11.3. The summed E-state index contributed by atoms with van der Waals surface area (Å²) >= 11 is 0. The van der Waals surface area contributed by atoms with Crippen LogP contribution >= 0.6 is 15.6 Å². The summed E-state index contributed by atoms with van der Waals surface area (Å²) in [6.45, 7) is 9.57. The predicted molar refractivity (Wildman–Crippen MR) is 377 cm³/mol. The molecule has 0 aromatic rings. The number of aliphatic hydroxyl groups excluding tert-OH is 1. The topological polar surface area (TPSA) is 237 Å². The van der Waals surface area contributed by atoms with Crippen molar-refractivity contribution >= 4 is 39.5 Å². The van der Waals surface area contributed by atoms with Crippen LogP contribution in [-0.2, 0) is 65.4 Å². The van der Waals surface area contributed by atoms with Gasteiger partial charge in [0.25, 0.3) is 0 Å². The summed E-state index contributed by atoms with van der Waals surface area (Å²) in [5.74, 6) is -0.605. The average molecular weight is 1370 g/mol. The Morgan fingerprint density at radius 2 is 0.495 bits per heavy atom. The van der Waals surface area contributed by atoms with Gasteiger partial charge in [-0.3, -0.25) is 37.3 Å². The molecule has 0 aromatic heterocycles. The molecule has 0 rings (SSSR count). The van der Waals surface area contributed by atoms with Gasteiger partial charge in [0.2, 0.25) is 0 Å². The average Bonchev–Trinajstić information content (AvgIpc) is 2.28. The van der Waals surface area contributed by atoms with Crippen molar-refractivity contribution in [3.05, 3.63) is 0 Å². The molecule has 0 radical (unpaired) electrons. The first-order valence-corrected chi connectivity index (χ1v) is 41.5. The van der Waals surface area contributed by atoms with Crippen molar-refractivity contribution in [3.63, 3.8) is 0 Å². The van der Waals surface area contributed by atoms with Crippen LogP contribution in [0.15, 0.2) is 0 Å². The minimum Gasteiger partial charge on any atom is -0.462 e. The summed E-state index contributed by atoms with van der Waals surface area (Å²) < 4.78 is 68.5. The number of carbonyl (C=O) groups is 4. The Labute approximate surface area is 568 Å². The van der Waals surface area contributed by atoms with Gasteiger partial charge < -0.3 is 33.8 Å². The number of rotatable bonds is 73. The van der Waals surface area contributed by atoms with Crippen molar-refractivity contribution in [3.8, 4) is 0 Å². The Bertz CT molecular complexity index is 1800. The van der Waals surface area contributed by atoms with E-state index in [1.54, 1.807) is 0 Å². The number of phosphoric acid groups is 2. The van der Waals surface area contributed by atoms with Gasteiger partial charge in [0, 0.05) is 25.7 Å². The summed E-state index contributed by atoms with van der Waals surface area (Å²) in [5, 5.41) is 10.6. The molecule has 0 aliphatic heterocycles. The summed E-state index contributed by atoms with van der Waals surface area (Å²) in [7, 11) is -9.91. The molecule has 5 atom stereocenters. The van der Waals surface area contributed by atoms with E-state index < -0.39 is 97.5 Å². The zero-order chi connectivity index (χ0) is 68.6. The molecule has 0 fully saturated rings. The lowest BCUT2D eigenvalue weighted by Gasteiger charge is -2.21. The molecule has 0 aromatic carbocycles. The molecule has 0 heterocycles. The van der Waals surface area contributed by atoms with Crippen molar-refractivity contribution in [1.82, 2.24) is 0 Å². The van der Waals surface area contributed by atoms with E-state index in [9.17, 15) is 43.2 Å². The van der Waals surface area contributed by atoms with Crippen molar-refractivity contribution < 1.29 is 80.2 Å². The number of carbonyl (C=O) groups excluding carboxylic acids is 4. The molecule has 93 heavy (non-hydrogen) atoms. The normalized spacial score (nSPS) is 14.1. The third-order valence-electron chi connectivity index (χ3n) is 17.2. The largest absolute Gasteiger partial charge is 0.472 e. The van der Waals surface area contributed by atoms with Crippen LogP contribution in [-0.4, -0.2) is 96.7 Å². The van der Waals surface area contributed by atoms with Crippen molar-refractivity contribution in [1.29, 1.82) is 0 Å². The molecule has 0 bridgehead atoms. The van der Waals surface area contributed by atoms with Crippen molar-refractivity contribution in [2.45, 2.75) is 400 Å². The van der Waals surface area contributed by atoms with Gasteiger partial charge in [-0.2, -0.15) is 0 Å². The van der Waals surface area contributed by atoms with Gasteiger partial charge in [0.05, 0.1) is 26.4 Å². The van der Waals surface area contributed by atoms with Crippen LogP contribution in [0.2, 0.25) is 0 Å². The third kappa shape index (κ3) is 68.4.